The molecule has 146 valence electrons. The Morgan fingerprint density at radius 1 is 1.30 bits per heavy atom. The summed E-state index contributed by atoms with van der Waals surface area (Å²) in [5.74, 6) is -0.125. The third-order valence-electron chi connectivity index (χ3n) is 5.78. The number of nitrogens with zero attached hydrogens (tertiary/aromatic N) is 1. The summed E-state index contributed by atoms with van der Waals surface area (Å²) in [5.41, 5.74) is 1.51. The number of carbonyl (C=O) groups excluding carboxylic acids is 3. The quantitative estimate of drug-likeness (QED) is 0.766. The van der Waals surface area contributed by atoms with E-state index in [0.29, 0.717) is 29.5 Å². The van der Waals surface area contributed by atoms with Crippen LogP contribution in [0.3, 0.4) is 0 Å². The Hall–Kier alpha value is -2.08. The topological polar surface area (TPSA) is 78.5 Å². The SMILES string of the molecule is CCC1CCC2(CC1)NC(=O)N(CC(=O)Nc1c(C)cc(C)cc1Cl)C2=O. The molecule has 0 unspecified atom stereocenters. The van der Waals surface area contributed by atoms with E-state index in [-0.39, 0.29) is 12.5 Å². The first kappa shape index (κ1) is 19.7. The maximum atomic E-state index is 12.9. The Balaban J connectivity index is 1.68. The molecule has 27 heavy (non-hydrogen) atoms. The summed E-state index contributed by atoms with van der Waals surface area (Å²) >= 11 is 6.22. The van der Waals surface area contributed by atoms with E-state index in [2.05, 4.69) is 17.6 Å². The van der Waals surface area contributed by atoms with Crippen LogP contribution in [0.25, 0.3) is 0 Å². The minimum Gasteiger partial charge on any atom is -0.323 e. The number of carbonyl (C=O) groups is 3. The predicted molar refractivity (Wildman–Crippen MR) is 105 cm³/mol. The Kier molecular flexibility index (Phi) is 5.47. The molecule has 6 nitrogen and oxygen atoms in total. The Morgan fingerprint density at radius 2 is 1.96 bits per heavy atom. The number of hydrogen-bond donors (Lipinski definition) is 2. The first-order valence-corrected chi connectivity index (χ1v) is 9.84. The van der Waals surface area contributed by atoms with Crippen molar-refractivity contribution < 1.29 is 14.4 Å². The molecule has 2 fully saturated rings. The van der Waals surface area contributed by atoms with E-state index in [1.54, 1.807) is 6.07 Å². The Morgan fingerprint density at radius 3 is 2.56 bits per heavy atom. The summed E-state index contributed by atoms with van der Waals surface area (Å²) in [4.78, 5) is 38.8. The fourth-order valence-electron chi connectivity index (χ4n) is 4.13. The van der Waals surface area contributed by atoms with Crippen LogP contribution in [0, 0.1) is 19.8 Å². The molecule has 1 aromatic carbocycles. The lowest BCUT2D eigenvalue weighted by atomic mass is 9.75. The second-order valence-corrected chi connectivity index (χ2v) is 8.15. The van der Waals surface area contributed by atoms with Crippen LogP contribution in [0.5, 0.6) is 0 Å². The highest BCUT2D eigenvalue weighted by Gasteiger charge is 2.52. The van der Waals surface area contributed by atoms with Gasteiger partial charge in [-0.15, -0.1) is 0 Å². The minimum atomic E-state index is -0.833. The number of amides is 4. The highest BCUT2D eigenvalue weighted by Crippen LogP contribution is 2.37. The second-order valence-electron chi connectivity index (χ2n) is 7.74. The summed E-state index contributed by atoms with van der Waals surface area (Å²) in [7, 11) is 0. The fourth-order valence-corrected chi connectivity index (χ4v) is 4.50. The largest absolute Gasteiger partial charge is 0.325 e. The molecule has 1 heterocycles. The van der Waals surface area contributed by atoms with E-state index in [1.165, 1.54) is 0 Å². The van der Waals surface area contributed by atoms with Crippen molar-refractivity contribution in [2.24, 2.45) is 5.92 Å². The first-order chi connectivity index (χ1) is 12.8. The van der Waals surface area contributed by atoms with Crippen LogP contribution in [-0.4, -0.2) is 34.8 Å². The lowest BCUT2D eigenvalue weighted by Gasteiger charge is -2.34. The van der Waals surface area contributed by atoms with Crippen LogP contribution < -0.4 is 10.6 Å². The molecule has 1 spiro atoms. The molecular formula is C20H26ClN3O3. The fraction of sp³-hybridized carbons (Fsp3) is 0.550. The Labute approximate surface area is 164 Å². The molecule has 0 atom stereocenters. The van der Waals surface area contributed by atoms with Gasteiger partial charge < -0.3 is 10.6 Å². The lowest BCUT2D eigenvalue weighted by Crippen LogP contribution is -2.49. The van der Waals surface area contributed by atoms with E-state index in [1.807, 2.05) is 19.9 Å². The molecule has 3 rings (SSSR count). The zero-order chi connectivity index (χ0) is 19.8. The van der Waals surface area contributed by atoms with Gasteiger partial charge in [0.1, 0.15) is 12.1 Å². The monoisotopic (exact) mass is 391 g/mol. The minimum absolute atomic E-state index is 0.288. The van der Waals surface area contributed by atoms with Gasteiger partial charge in [-0.1, -0.05) is 31.0 Å². The molecule has 1 aliphatic heterocycles. The van der Waals surface area contributed by atoms with Crippen LogP contribution in [0.15, 0.2) is 12.1 Å². The summed E-state index contributed by atoms with van der Waals surface area (Å²) in [6.07, 6.45) is 4.19. The number of nitrogens with one attached hydrogen (secondary N) is 2. The molecular weight excluding hydrogens is 366 g/mol. The van der Waals surface area contributed by atoms with Crippen LogP contribution in [0.4, 0.5) is 10.5 Å². The van der Waals surface area contributed by atoms with Crippen LogP contribution >= 0.6 is 11.6 Å². The van der Waals surface area contributed by atoms with Gasteiger partial charge in [0.25, 0.3) is 5.91 Å². The standard InChI is InChI=1S/C20H26ClN3O3/c1-4-14-5-7-20(8-6-14)18(26)24(19(27)23-20)11-16(25)22-17-13(3)9-12(2)10-15(17)21/h9-10,14H,4-8,11H2,1-3H3,(H,22,25)(H,23,27). The number of imide groups is 1. The van der Waals surface area contributed by atoms with Gasteiger partial charge in [-0.05, 0) is 62.6 Å². The van der Waals surface area contributed by atoms with Crippen molar-refractivity contribution in [3.05, 3.63) is 28.3 Å². The number of benzene rings is 1. The van der Waals surface area contributed by atoms with Crippen LogP contribution in [-0.2, 0) is 9.59 Å². The van der Waals surface area contributed by atoms with Crippen molar-refractivity contribution in [2.75, 3.05) is 11.9 Å². The number of urea groups is 1. The average molecular weight is 392 g/mol. The molecule has 7 heteroatoms. The molecule has 2 aliphatic rings. The Bertz CT molecular complexity index is 762. The molecule has 1 aliphatic carbocycles. The second kappa shape index (κ2) is 7.50. The van der Waals surface area contributed by atoms with Crippen LogP contribution in [0.1, 0.15) is 50.2 Å². The van der Waals surface area contributed by atoms with E-state index < -0.39 is 17.5 Å². The molecule has 1 saturated carbocycles. The molecule has 0 radical (unpaired) electrons. The van der Waals surface area contributed by atoms with Gasteiger partial charge in [-0.3, -0.25) is 14.5 Å². The summed E-state index contributed by atoms with van der Waals surface area (Å²) in [6.45, 7) is 5.60. The lowest BCUT2D eigenvalue weighted by molar-refractivity contribution is -0.135. The van der Waals surface area contributed by atoms with Gasteiger partial charge in [0, 0.05) is 0 Å². The first-order valence-electron chi connectivity index (χ1n) is 9.46. The van der Waals surface area contributed by atoms with Gasteiger partial charge in [0.2, 0.25) is 5.91 Å². The van der Waals surface area contributed by atoms with Gasteiger partial charge in [0.15, 0.2) is 0 Å². The van der Waals surface area contributed by atoms with Gasteiger partial charge in [-0.25, -0.2) is 4.79 Å². The average Bonchev–Trinajstić information content (AvgIpc) is 2.83. The highest BCUT2D eigenvalue weighted by atomic mass is 35.5. The maximum absolute atomic E-state index is 12.9. The number of halogens is 1. The van der Waals surface area contributed by atoms with Crippen molar-refractivity contribution in [1.82, 2.24) is 10.2 Å². The van der Waals surface area contributed by atoms with Crippen molar-refractivity contribution in [3.8, 4) is 0 Å². The van der Waals surface area contributed by atoms with E-state index in [9.17, 15) is 14.4 Å². The van der Waals surface area contributed by atoms with Gasteiger partial charge in [-0.2, -0.15) is 0 Å². The number of aryl methyl sites for hydroxylation is 2. The van der Waals surface area contributed by atoms with Crippen molar-refractivity contribution in [2.45, 2.75) is 58.4 Å². The molecule has 0 aromatic heterocycles. The number of hydrogen-bond acceptors (Lipinski definition) is 3. The third-order valence-corrected chi connectivity index (χ3v) is 6.08. The molecule has 1 saturated heterocycles. The number of anilines is 1. The predicted octanol–water partition coefficient (Wildman–Crippen LogP) is 3.79. The molecule has 1 aromatic rings. The molecule has 0 bridgehead atoms. The van der Waals surface area contributed by atoms with E-state index in [4.69, 9.17) is 11.6 Å². The van der Waals surface area contributed by atoms with E-state index >= 15 is 0 Å². The smallest absolute Gasteiger partial charge is 0.323 e. The van der Waals surface area contributed by atoms with Crippen LogP contribution in [0.2, 0.25) is 5.02 Å². The van der Waals surface area contributed by atoms with Gasteiger partial charge in [0.05, 0.1) is 10.7 Å². The maximum Gasteiger partial charge on any atom is 0.325 e. The summed E-state index contributed by atoms with van der Waals surface area (Å²) in [5, 5.41) is 6.02. The number of rotatable bonds is 4. The highest BCUT2D eigenvalue weighted by molar-refractivity contribution is 6.34. The molecule has 2 N–H and O–H groups in total. The van der Waals surface area contributed by atoms with E-state index in [0.717, 1.165) is 35.3 Å². The third kappa shape index (κ3) is 3.81. The van der Waals surface area contributed by atoms with Crippen molar-refractivity contribution >= 4 is 35.1 Å². The molecule has 4 amide bonds. The van der Waals surface area contributed by atoms with Gasteiger partial charge >= 0.3 is 6.03 Å². The van der Waals surface area contributed by atoms with Crippen molar-refractivity contribution in [3.63, 3.8) is 0 Å². The summed E-state index contributed by atoms with van der Waals surface area (Å²) in [6, 6.07) is 3.19. The zero-order valence-corrected chi connectivity index (χ0v) is 16.8. The zero-order valence-electron chi connectivity index (χ0n) is 16.0. The normalized spacial score (nSPS) is 25.0. The summed E-state index contributed by atoms with van der Waals surface area (Å²) < 4.78 is 0. The van der Waals surface area contributed by atoms with Crippen molar-refractivity contribution in [1.29, 1.82) is 0 Å².